The summed E-state index contributed by atoms with van der Waals surface area (Å²) >= 11 is 0. The number of aryl methyl sites for hydroxylation is 1. The molecule has 1 aromatic rings. The Morgan fingerprint density at radius 1 is 1.56 bits per heavy atom. The molecule has 0 bridgehead atoms. The van der Waals surface area contributed by atoms with Gasteiger partial charge in [0.1, 0.15) is 5.82 Å². The molecular weight excluding hydrogens is 202 g/mol. The molecule has 0 spiro atoms. The molecule has 2 rings (SSSR count). The van der Waals surface area contributed by atoms with E-state index in [0.29, 0.717) is 0 Å². The van der Waals surface area contributed by atoms with Gasteiger partial charge in [-0.1, -0.05) is 0 Å². The number of ether oxygens (including phenoxy) is 1. The molecule has 0 unspecified atom stereocenters. The Hall–Kier alpha value is -0.870. The quantitative estimate of drug-likeness (QED) is 0.712. The largest absolute Gasteiger partial charge is 0.385 e. The topological polar surface area (TPSA) is 39.1 Å². The molecule has 1 fully saturated rings. The van der Waals surface area contributed by atoms with Crippen LogP contribution in [0.1, 0.15) is 30.8 Å². The van der Waals surface area contributed by atoms with Crippen LogP contribution in [-0.4, -0.2) is 29.3 Å². The van der Waals surface area contributed by atoms with E-state index in [2.05, 4.69) is 21.8 Å². The van der Waals surface area contributed by atoms with E-state index in [1.165, 1.54) is 18.5 Å². The first-order valence-electron chi connectivity index (χ1n) is 6.04. The van der Waals surface area contributed by atoms with Gasteiger partial charge in [0.05, 0.1) is 5.69 Å². The van der Waals surface area contributed by atoms with Crippen molar-refractivity contribution in [3.63, 3.8) is 0 Å². The van der Waals surface area contributed by atoms with Crippen LogP contribution in [0.25, 0.3) is 0 Å². The van der Waals surface area contributed by atoms with Crippen molar-refractivity contribution in [2.24, 2.45) is 0 Å². The molecule has 16 heavy (non-hydrogen) atoms. The van der Waals surface area contributed by atoms with Crippen molar-refractivity contribution in [1.29, 1.82) is 0 Å². The van der Waals surface area contributed by atoms with E-state index in [4.69, 9.17) is 4.74 Å². The van der Waals surface area contributed by atoms with E-state index in [1.54, 1.807) is 7.11 Å². The number of nitrogens with zero attached hydrogens (tertiary/aromatic N) is 2. The van der Waals surface area contributed by atoms with Gasteiger partial charge in [0.15, 0.2) is 0 Å². The van der Waals surface area contributed by atoms with Gasteiger partial charge in [0, 0.05) is 39.0 Å². The highest BCUT2D eigenvalue weighted by atomic mass is 16.5. The average Bonchev–Trinajstić information content (AvgIpc) is 3.04. The number of hydrogen-bond acceptors (Lipinski definition) is 3. The van der Waals surface area contributed by atoms with Crippen LogP contribution in [-0.2, 0) is 17.8 Å². The van der Waals surface area contributed by atoms with E-state index >= 15 is 0 Å². The van der Waals surface area contributed by atoms with Crippen molar-refractivity contribution < 1.29 is 4.74 Å². The van der Waals surface area contributed by atoms with Gasteiger partial charge in [0.25, 0.3) is 0 Å². The Labute approximate surface area is 97.0 Å². The number of hydrogen-bond donors (Lipinski definition) is 1. The summed E-state index contributed by atoms with van der Waals surface area (Å²) in [4.78, 5) is 4.38. The van der Waals surface area contributed by atoms with Crippen LogP contribution in [0.4, 0.5) is 0 Å². The molecule has 0 saturated heterocycles. The Morgan fingerprint density at radius 3 is 3.06 bits per heavy atom. The standard InChI is InChI=1S/C12H21N3O/c1-10-13-8-12(9-14-11-4-5-11)15(10)6-3-7-16-2/h8,11,14H,3-7,9H2,1-2H3. The fourth-order valence-corrected chi connectivity index (χ4v) is 1.86. The van der Waals surface area contributed by atoms with Crippen LogP contribution >= 0.6 is 0 Å². The maximum atomic E-state index is 5.08. The molecule has 0 atom stereocenters. The first-order chi connectivity index (χ1) is 7.81. The second kappa shape index (κ2) is 5.46. The first kappa shape index (κ1) is 11.6. The minimum atomic E-state index is 0.752. The summed E-state index contributed by atoms with van der Waals surface area (Å²) in [6.07, 6.45) is 5.69. The first-order valence-corrected chi connectivity index (χ1v) is 6.04. The Kier molecular flexibility index (Phi) is 3.96. The van der Waals surface area contributed by atoms with Crippen molar-refractivity contribution in [2.45, 2.75) is 45.3 Å². The highest BCUT2D eigenvalue weighted by Crippen LogP contribution is 2.19. The fraction of sp³-hybridized carbons (Fsp3) is 0.750. The van der Waals surface area contributed by atoms with E-state index in [9.17, 15) is 0 Å². The molecular formula is C12H21N3O. The third kappa shape index (κ3) is 3.06. The van der Waals surface area contributed by atoms with Gasteiger partial charge in [-0.2, -0.15) is 0 Å². The van der Waals surface area contributed by atoms with E-state index in [1.807, 2.05) is 6.20 Å². The number of imidazole rings is 1. The van der Waals surface area contributed by atoms with Gasteiger partial charge in [-0.3, -0.25) is 0 Å². The third-order valence-electron chi connectivity index (χ3n) is 3.02. The number of nitrogens with one attached hydrogen (secondary N) is 1. The molecule has 1 aliphatic carbocycles. The van der Waals surface area contributed by atoms with Gasteiger partial charge in [-0.25, -0.2) is 4.98 Å². The normalized spacial score (nSPS) is 15.6. The van der Waals surface area contributed by atoms with Crippen LogP contribution < -0.4 is 5.32 Å². The maximum Gasteiger partial charge on any atom is 0.105 e. The molecule has 0 aliphatic heterocycles. The highest BCUT2D eigenvalue weighted by Gasteiger charge is 2.20. The second-order valence-corrected chi connectivity index (χ2v) is 4.45. The molecule has 4 nitrogen and oxygen atoms in total. The summed E-state index contributed by atoms with van der Waals surface area (Å²) in [6, 6.07) is 0.752. The van der Waals surface area contributed by atoms with E-state index < -0.39 is 0 Å². The third-order valence-corrected chi connectivity index (χ3v) is 3.02. The molecule has 4 heteroatoms. The molecule has 1 saturated carbocycles. The molecule has 1 aliphatic rings. The van der Waals surface area contributed by atoms with Crippen LogP contribution in [0.2, 0.25) is 0 Å². The predicted octanol–water partition coefficient (Wildman–Crippen LogP) is 1.48. The Morgan fingerprint density at radius 2 is 2.38 bits per heavy atom. The zero-order valence-electron chi connectivity index (χ0n) is 10.2. The zero-order valence-corrected chi connectivity index (χ0v) is 10.2. The molecule has 90 valence electrons. The molecule has 1 heterocycles. The average molecular weight is 223 g/mol. The second-order valence-electron chi connectivity index (χ2n) is 4.45. The predicted molar refractivity (Wildman–Crippen MR) is 63.3 cm³/mol. The lowest BCUT2D eigenvalue weighted by Crippen LogP contribution is -2.18. The smallest absolute Gasteiger partial charge is 0.105 e. The number of methoxy groups -OCH3 is 1. The van der Waals surface area contributed by atoms with Gasteiger partial charge in [0.2, 0.25) is 0 Å². The summed E-state index contributed by atoms with van der Waals surface area (Å²) in [7, 11) is 1.75. The minimum absolute atomic E-state index is 0.752. The Balaban J connectivity index is 1.88. The zero-order chi connectivity index (χ0) is 11.4. The van der Waals surface area contributed by atoms with Gasteiger partial charge < -0.3 is 14.6 Å². The van der Waals surface area contributed by atoms with Gasteiger partial charge in [-0.05, 0) is 26.2 Å². The lowest BCUT2D eigenvalue weighted by Gasteiger charge is -2.10. The van der Waals surface area contributed by atoms with Crippen molar-refractivity contribution in [1.82, 2.24) is 14.9 Å². The van der Waals surface area contributed by atoms with Crippen molar-refractivity contribution >= 4 is 0 Å². The maximum absolute atomic E-state index is 5.08. The molecule has 0 aromatic carbocycles. The summed E-state index contributed by atoms with van der Waals surface area (Å²) in [5.41, 5.74) is 1.29. The summed E-state index contributed by atoms with van der Waals surface area (Å²) in [5, 5.41) is 3.52. The van der Waals surface area contributed by atoms with Crippen LogP contribution in [0.3, 0.4) is 0 Å². The monoisotopic (exact) mass is 223 g/mol. The number of rotatable bonds is 7. The van der Waals surface area contributed by atoms with Crippen molar-refractivity contribution in [3.8, 4) is 0 Å². The van der Waals surface area contributed by atoms with Crippen molar-refractivity contribution in [2.75, 3.05) is 13.7 Å². The summed E-state index contributed by atoms with van der Waals surface area (Å²) in [5.74, 6) is 1.10. The fourth-order valence-electron chi connectivity index (χ4n) is 1.86. The molecule has 1 N–H and O–H groups in total. The molecule has 0 radical (unpaired) electrons. The molecule has 0 amide bonds. The lowest BCUT2D eigenvalue weighted by molar-refractivity contribution is 0.189. The van der Waals surface area contributed by atoms with Gasteiger partial charge in [-0.15, -0.1) is 0 Å². The van der Waals surface area contributed by atoms with E-state index in [0.717, 1.165) is 38.0 Å². The minimum Gasteiger partial charge on any atom is -0.385 e. The van der Waals surface area contributed by atoms with Gasteiger partial charge >= 0.3 is 0 Å². The highest BCUT2D eigenvalue weighted by molar-refractivity contribution is 5.05. The summed E-state index contributed by atoms with van der Waals surface area (Å²) in [6.45, 7) is 4.82. The Bertz CT molecular complexity index is 331. The lowest BCUT2D eigenvalue weighted by atomic mass is 10.4. The SMILES string of the molecule is COCCCn1c(CNC2CC2)cnc1C. The van der Waals surface area contributed by atoms with E-state index in [-0.39, 0.29) is 0 Å². The van der Waals surface area contributed by atoms with Crippen molar-refractivity contribution in [3.05, 3.63) is 17.7 Å². The van der Waals surface area contributed by atoms with Crippen LogP contribution in [0, 0.1) is 6.92 Å². The van der Waals surface area contributed by atoms with Crippen LogP contribution in [0.5, 0.6) is 0 Å². The number of aromatic nitrogens is 2. The summed E-state index contributed by atoms with van der Waals surface area (Å²) < 4.78 is 7.36. The molecule has 1 aromatic heterocycles. The van der Waals surface area contributed by atoms with Crippen LogP contribution in [0.15, 0.2) is 6.20 Å².